The number of rotatable bonds is 3. The zero-order chi connectivity index (χ0) is 19.8. The predicted octanol–water partition coefficient (Wildman–Crippen LogP) is 5.35. The van der Waals surface area contributed by atoms with E-state index in [2.05, 4.69) is 22.3 Å². The number of nitrogens with zero attached hydrogens (tertiary/aromatic N) is 1. The van der Waals surface area contributed by atoms with Crippen LogP contribution in [-0.4, -0.2) is 19.1 Å². The second-order valence-corrected chi connectivity index (χ2v) is 8.35. The normalized spacial score (nSPS) is 13.8. The Labute approximate surface area is 160 Å². The van der Waals surface area contributed by atoms with Gasteiger partial charge >= 0.3 is 0 Å². The van der Waals surface area contributed by atoms with Gasteiger partial charge in [0.1, 0.15) is 18.2 Å². The molecule has 0 saturated heterocycles. The minimum atomic E-state index is -0.306. The summed E-state index contributed by atoms with van der Waals surface area (Å²) < 4.78 is 19.1. The zero-order valence-electron chi connectivity index (χ0n) is 16.6. The third-order valence-electron chi connectivity index (χ3n) is 4.57. The lowest BCUT2D eigenvalue weighted by Crippen LogP contribution is -2.29. The van der Waals surface area contributed by atoms with Gasteiger partial charge in [0.15, 0.2) is 0 Å². The maximum Gasteiger partial charge on any atom is 0.224 e. The Morgan fingerprint density at radius 2 is 1.85 bits per heavy atom. The van der Waals surface area contributed by atoms with Crippen molar-refractivity contribution in [3.8, 4) is 5.75 Å². The summed E-state index contributed by atoms with van der Waals surface area (Å²) in [5.74, 6) is 0.271. The fraction of sp³-hybridized carbons (Fsp3) is 0.409. The number of anilines is 3. The molecule has 0 saturated carbocycles. The average Bonchev–Trinajstić information content (AvgIpc) is 2.55. The first-order valence-electron chi connectivity index (χ1n) is 9.25. The molecule has 0 aliphatic carbocycles. The molecule has 0 spiro atoms. The third-order valence-corrected chi connectivity index (χ3v) is 4.57. The van der Waals surface area contributed by atoms with Crippen molar-refractivity contribution in [3.63, 3.8) is 0 Å². The van der Waals surface area contributed by atoms with Gasteiger partial charge in [0, 0.05) is 23.9 Å². The van der Waals surface area contributed by atoms with E-state index in [1.165, 1.54) is 12.1 Å². The number of benzene rings is 2. The maximum absolute atomic E-state index is 13.5. The molecule has 2 aromatic rings. The van der Waals surface area contributed by atoms with Crippen LogP contribution in [0.2, 0.25) is 0 Å². The molecule has 3 rings (SSSR count). The quantitative estimate of drug-likeness (QED) is 0.792. The van der Waals surface area contributed by atoms with Crippen LogP contribution >= 0.6 is 0 Å². The van der Waals surface area contributed by atoms with Gasteiger partial charge in [-0.2, -0.15) is 0 Å². The third kappa shape index (κ3) is 4.41. The number of ether oxygens (including phenoxy) is 1. The topological polar surface area (TPSA) is 41.6 Å². The predicted molar refractivity (Wildman–Crippen MR) is 108 cm³/mol. The molecule has 1 aliphatic heterocycles. The van der Waals surface area contributed by atoms with E-state index in [1.807, 2.05) is 34.6 Å². The second kappa shape index (κ2) is 7.22. The number of amides is 1. The first-order chi connectivity index (χ1) is 12.6. The summed E-state index contributed by atoms with van der Waals surface area (Å²) in [5.41, 5.74) is 4.67. The number of nitrogens with one attached hydrogen (secondary N) is 1. The van der Waals surface area contributed by atoms with Crippen molar-refractivity contribution in [2.75, 3.05) is 23.4 Å². The van der Waals surface area contributed by atoms with Crippen molar-refractivity contribution >= 4 is 23.0 Å². The molecular formula is C22H27FN2O2. The number of aryl methyl sites for hydroxylation is 2. The Bertz CT molecular complexity index is 848. The van der Waals surface area contributed by atoms with Crippen LogP contribution < -0.4 is 15.0 Å². The van der Waals surface area contributed by atoms with Crippen LogP contribution in [0.25, 0.3) is 0 Å². The molecule has 5 heteroatoms. The molecule has 144 valence electrons. The molecule has 0 aromatic heterocycles. The fourth-order valence-corrected chi connectivity index (χ4v) is 3.42. The number of hydrogen-bond acceptors (Lipinski definition) is 3. The molecule has 1 aliphatic rings. The number of carbonyl (C=O) groups is 1. The summed E-state index contributed by atoms with van der Waals surface area (Å²) in [6.45, 7) is 11.3. The summed E-state index contributed by atoms with van der Waals surface area (Å²) in [6.07, 6.45) is 0.468. The van der Waals surface area contributed by atoms with Crippen LogP contribution in [0, 0.1) is 25.1 Å². The molecule has 1 amide bonds. The van der Waals surface area contributed by atoms with Gasteiger partial charge in [-0.3, -0.25) is 4.79 Å². The fourth-order valence-electron chi connectivity index (χ4n) is 3.42. The summed E-state index contributed by atoms with van der Waals surface area (Å²) in [7, 11) is 0. The van der Waals surface area contributed by atoms with Gasteiger partial charge in [0.2, 0.25) is 5.91 Å². The number of carbonyl (C=O) groups excluding carboxylic acids is 1. The minimum Gasteiger partial charge on any atom is -0.489 e. The van der Waals surface area contributed by atoms with Crippen LogP contribution in [0.4, 0.5) is 21.5 Å². The highest BCUT2D eigenvalue weighted by Gasteiger charge is 2.22. The number of hydrogen-bond donors (Lipinski definition) is 1. The molecule has 1 N–H and O–H groups in total. The Balaban J connectivity index is 1.89. The van der Waals surface area contributed by atoms with Crippen molar-refractivity contribution in [2.24, 2.45) is 5.41 Å². The highest BCUT2D eigenvalue weighted by molar-refractivity contribution is 5.93. The maximum atomic E-state index is 13.5. The van der Waals surface area contributed by atoms with Gasteiger partial charge in [-0.15, -0.1) is 0 Å². The average molecular weight is 370 g/mol. The van der Waals surface area contributed by atoms with E-state index in [9.17, 15) is 9.18 Å². The SMILES string of the molecule is Cc1cc(N2CCOc3cc(F)ccc32)cc(C)c1NC(=O)CC(C)(C)C. The van der Waals surface area contributed by atoms with Gasteiger partial charge in [-0.05, 0) is 54.7 Å². The van der Waals surface area contributed by atoms with Crippen LogP contribution in [0.3, 0.4) is 0 Å². The van der Waals surface area contributed by atoms with Gasteiger partial charge in [0.05, 0.1) is 12.2 Å². The summed E-state index contributed by atoms with van der Waals surface area (Å²) in [5, 5.41) is 3.06. The lowest BCUT2D eigenvalue weighted by molar-refractivity contribution is -0.117. The summed E-state index contributed by atoms with van der Waals surface area (Å²) in [6, 6.07) is 8.72. The van der Waals surface area contributed by atoms with Crippen molar-refractivity contribution in [1.82, 2.24) is 0 Å². The largest absolute Gasteiger partial charge is 0.489 e. The lowest BCUT2D eigenvalue weighted by atomic mass is 9.92. The van der Waals surface area contributed by atoms with Crippen molar-refractivity contribution in [1.29, 1.82) is 0 Å². The molecular weight excluding hydrogens is 343 g/mol. The second-order valence-electron chi connectivity index (χ2n) is 8.35. The molecule has 0 fully saturated rings. The first kappa shape index (κ1) is 19.2. The molecule has 0 bridgehead atoms. The summed E-state index contributed by atoms with van der Waals surface area (Å²) in [4.78, 5) is 14.5. The molecule has 4 nitrogen and oxygen atoms in total. The van der Waals surface area contributed by atoms with Crippen LogP contribution in [-0.2, 0) is 4.79 Å². The Morgan fingerprint density at radius 3 is 2.48 bits per heavy atom. The Kier molecular flexibility index (Phi) is 5.13. The van der Waals surface area contributed by atoms with E-state index in [0.717, 1.165) is 28.2 Å². The monoisotopic (exact) mass is 370 g/mol. The van der Waals surface area contributed by atoms with Crippen LogP contribution in [0.15, 0.2) is 30.3 Å². The highest BCUT2D eigenvalue weighted by Crippen LogP contribution is 2.39. The van der Waals surface area contributed by atoms with E-state index in [1.54, 1.807) is 6.07 Å². The Morgan fingerprint density at radius 1 is 1.19 bits per heavy atom. The summed E-state index contributed by atoms with van der Waals surface area (Å²) >= 11 is 0. The van der Waals surface area contributed by atoms with E-state index < -0.39 is 0 Å². The molecule has 0 unspecified atom stereocenters. The van der Waals surface area contributed by atoms with Gasteiger partial charge in [0.25, 0.3) is 0 Å². The number of fused-ring (bicyclic) bond motifs is 1. The molecule has 27 heavy (non-hydrogen) atoms. The minimum absolute atomic E-state index is 0.0219. The van der Waals surface area contributed by atoms with Crippen LogP contribution in [0.1, 0.15) is 38.3 Å². The smallest absolute Gasteiger partial charge is 0.224 e. The molecule has 1 heterocycles. The zero-order valence-corrected chi connectivity index (χ0v) is 16.6. The molecule has 0 atom stereocenters. The van der Waals surface area contributed by atoms with E-state index in [4.69, 9.17) is 4.74 Å². The van der Waals surface area contributed by atoms with E-state index >= 15 is 0 Å². The van der Waals surface area contributed by atoms with E-state index in [0.29, 0.717) is 25.3 Å². The lowest BCUT2D eigenvalue weighted by Gasteiger charge is -2.32. The van der Waals surface area contributed by atoms with Crippen molar-refractivity contribution in [2.45, 2.75) is 41.0 Å². The Hall–Kier alpha value is -2.56. The first-order valence-corrected chi connectivity index (χ1v) is 9.25. The van der Waals surface area contributed by atoms with E-state index in [-0.39, 0.29) is 17.1 Å². The van der Waals surface area contributed by atoms with Crippen molar-refractivity contribution in [3.05, 3.63) is 47.3 Å². The van der Waals surface area contributed by atoms with Gasteiger partial charge in [-0.1, -0.05) is 20.8 Å². The molecule has 2 aromatic carbocycles. The van der Waals surface area contributed by atoms with Gasteiger partial charge < -0.3 is 15.0 Å². The van der Waals surface area contributed by atoms with Crippen LogP contribution in [0.5, 0.6) is 5.75 Å². The molecule has 0 radical (unpaired) electrons. The standard InChI is InChI=1S/C22H27FN2O2/c1-14-10-17(11-15(2)21(14)24-20(26)13-22(3,4)5)25-8-9-27-19-12-16(23)6-7-18(19)25/h6-7,10-12H,8-9,13H2,1-5H3,(H,24,26). The van der Waals surface area contributed by atoms with Gasteiger partial charge in [-0.25, -0.2) is 4.39 Å². The highest BCUT2D eigenvalue weighted by atomic mass is 19.1. The number of halogens is 1. The van der Waals surface area contributed by atoms with Crippen molar-refractivity contribution < 1.29 is 13.9 Å².